The molecule has 0 saturated carbocycles. The summed E-state index contributed by atoms with van der Waals surface area (Å²) in [6.45, 7) is 12.0. The lowest BCUT2D eigenvalue weighted by Crippen LogP contribution is -2.53. The molecule has 0 aliphatic carbocycles. The highest BCUT2D eigenvalue weighted by atomic mass is 15.2. The van der Waals surface area contributed by atoms with Crippen molar-refractivity contribution in [1.82, 2.24) is 10.2 Å². The Morgan fingerprint density at radius 3 is 2.38 bits per heavy atom. The van der Waals surface area contributed by atoms with E-state index in [0.717, 1.165) is 17.9 Å². The van der Waals surface area contributed by atoms with Gasteiger partial charge >= 0.3 is 0 Å². The first kappa shape index (κ1) is 14.0. The number of nitrogens with one attached hydrogen (secondary N) is 1. The van der Waals surface area contributed by atoms with Gasteiger partial charge in [0.2, 0.25) is 0 Å². The molecule has 3 atom stereocenters. The number of hydrogen-bond acceptors (Lipinski definition) is 2. The smallest absolute Gasteiger partial charge is 0.0117 e. The van der Waals surface area contributed by atoms with Crippen LogP contribution in [0.2, 0.25) is 0 Å². The van der Waals surface area contributed by atoms with Crippen LogP contribution >= 0.6 is 0 Å². The van der Waals surface area contributed by atoms with Crippen LogP contribution < -0.4 is 5.32 Å². The van der Waals surface area contributed by atoms with Gasteiger partial charge in [0.25, 0.3) is 0 Å². The molecule has 1 heterocycles. The van der Waals surface area contributed by atoms with Gasteiger partial charge in [-0.05, 0) is 38.8 Å². The van der Waals surface area contributed by atoms with Crippen molar-refractivity contribution in [3.05, 3.63) is 0 Å². The minimum absolute atomic E-state index is 0.716. The van der Waals surface area contributed by atoms with E-state index in [9.17, 15) is 0 Å². The normalized spacial score (nSPS) is 32.2. The van der Waals surface area contributed by atoms with Crippen LogP contribution in [0.4, 0.5) is 0 Å². The summed E-state index contributed by atoms with van der Waals surface area (Å²) >= 11 is 0. The Morgan fingerprint density at radius 1 is 1.25 bits per heavy atom. The van der Waals surface area contributed by atoms with Crippen molar-refractivity contribution in [1.29, 1.82) is 0 Å². The van der Waals surface area contributed by atoms with E-state index in [1.807, 2.05) is 0 Å². The number of piperidine rings is 1. The van der Waals surface area contributed by atoms with Gasteiger partial charge in [0.05, 0.1) is 0 Å². The maximum atomic E-state index is 3.46. The van der Waals surface area contributed by atoms with Gasteiger partial charge in [0.1, 0.15) is 0 Å². The lowest BCUT2D eigenvalue weighted by atomic mass is 9.86. The largest absolute Gasteiger partial charge is 0.317 e. The molecule has 0 aromatic rings. The predicted molar refractivity (Wildman–Crippen MR) is 71.7 cm³/mol. The number of likely N-dealkylation sites (tertiary alicyclic amines) is 1. The lowest BCUT2D eigenvalue weighted by molar-refractivity contribution is 0.0712. The molecule has 0 amide bonds. The summed E-state index contributed by atoms with van der Waals surface area (Å²) in [5.41, 5.74) is 0. The Bertz CT molecular complexity index is 189. The summed E-state index contributed by atoms with van der Waals surface area (Å²) in [6.07, 6.45) is 3.95. The van der Waals surface area contributed by atoms with Crippen LogP contribution in [0.15, 0.2) is 0 Å². The van der Waals surface area contributed by atoms with Crippen LogP contribution in [-0.2, 0) is 0 Å². The third-order valence-corrected chi connectivity index (χ3v) is 4.72. The van der Waals surface area contributed by atoms with Gasteiger partial charge in [-0.3, -0.25) is 0 Å². The number of hydrogen-bond donors (Lipinski definition) is 1. The fourth-order valence-corrected chi connectivity index (χ4v) is 2.98. The second-order valence-corrected chi connectivity index (χ2v) is 5.46. The molecule has 0 radical (unpaired) electrons. The maximum Gasteiger partial charge on any atom is 0.0117 e. The van der Waals surface area contributed by atoms with E-state index >= 15 is 0 Å². The highest BCUT2D eigenvalue weighted by Crippen LogP contribution is 2.25. The van der Waals surface area contributed by atoms with E-state index in [0.29, 0.717) is 6.04 Å². The number of rotatable bonds is 5. The second kappa shape index (κ2) is 6.61. The maximum absolute atomic E-state index is 3.46. The van der Waals surface area contributed by atoms with Gasteiger partial charge in [-0.1, -0.05) is 33.6 Å². The summed E-state index contributed by atoms with van der Waals surface area (Å²) in [5, 5.41) is 3.46. The van der Waals surface area contributed by atoms with Crippen LogP contribution in [0.3, 0.4) is 0 Å². The standard InChI is InChI=1S/C14H30N2/c1-6-13(7-2)10-16-9-8-14(15-5)11(3)12(16)4/h11-15H,6-10H2,1-5H3. The second-order valence-electron chi connectivity index (χ2n) is 5.46. The van der Waals surface area contributed by atoms with Crippen LogP contribution in [0.5, 0.6) is 0 Å². The topological polar surface area (TPSA) is 15.3 Å². The Labute approximate surface area is 102 Å². The molecule has 1 aliphatic rings. The average Bonchev–Trinajstić information content (AvgIpc) is 2.31. The molecule has 1 N–H and O–H groups in total. The molecule has 1 saturated heterocycles. The molecule has 1 aliphatic heterocycles. The van der Waals surface area contributed by atoms with Crippen LogP contribution in [-0.4, -0.2) is 37.1 Å². The first-order valence-electron chi connectivity index (χ1n) is 7.05. The molecule has 2 nitrogen and oxygen atoms in total. The number of nitrogens with zero attached hydrogens (tertiary/aromatic N) is 1. The fourth-order valence-electron chi connectivity index (χ4n) is 2.98. The average molecular weight is 226 g/mol. The monoisotopic (exact) mass is 226 g/mol. The van der Waals surface area contributed by atoms with Gasteiger partial charge < -0.3 is 10.2 Å². The van der Waals surface area contributed by atoms with Crippen molar-refractivity contribution in [2.24, 2.45) is 11.8 Å². The summed E-state index contributed by atoms with van der Waals surface area (Å²) < 4.78 is 0. The molecule has 0 bridgehead atoms. The molecular formula is C14H30N2. The van der Waals surface area contributed by atoms with E-state index in [1.54, 1.807) is 0 Å². The quantitative estimate of drug-likeness (QED) is 0.775. The van der Waals surface area contributed by atoms with Crippen molar-refractivity contribution >= 4 is 0 Å². The van der Waals surface area contributed by atoms with Crippen molar-refractivity contribution in [2.45, 2.75) is 59.0 Å². The van der Waals surface area contributed by atoms with Crippen molar-refractivity contribution in [3.63, 3.8) is 0 Å². The lowest BCUT2D eigenvalue weighted by Gasteiger charge is -2.43. The first-order chi connectivity index (χ1) is 7.63. The SMILES string of the molecule is CCC(CC)CN1CCC(NC)C(C)C1C. The van der Waals surface area contributed by atoms with Crippen LogP contribution in [0, 0.1) is 11.8 Å². The van der Waals surface area contributed by atoms with Crippen molar-refractivity contribution in [2.75, 3.05) is 20.1 Å². The third kappa shape index (κ3) is 3.21. The Kier molecular flexibility index (Phi) is 5.77. The third-order valence-electron chi connectivity index (χ3n) is 4.72. The van der Waals surface area contributed by atoms with Crippen molar-refractivity contribution < 1.29 is 0 Å². The Balaban J connectivity index is 2.50. The molecule has 1 rings (SSSR count). The highest BCUT2D eigenvalue weighted by molar-refractivity contribution is 4.88. The Morgan fingerprint density at radius 2 is 1.88 bits per heavy atom. The van der Waals surface area contributed by atoms with E-state index in [4.69, 9.17) is 0 Å². The van der Waals surface area contributed by atoms with Gasteiger partial charge in [-0.2, -0.15) is 0 Å². The molecule has 1 fully saturated rings. The van der Waals surface area contributed by atoms with Gasteiger partial charge in [-0.15, -0.1) is 0 Å². The molecule has 0 aromatic carbocycles. The molecule has 0 aromatic heterocycles. The van der Waals surface area contributed by atoms with E-state index in [2.05, 4.69) is 45.0 Å². The summed E-state index contributed by atoms with van der Waals surface area (Å²) in [4.78, 5) is 2.70. The van der Waals surface area contributed by atoms with Crippen LogP contribution in [0.1, 0.15) is 47.0 Å². The molecule has 16 heavy (non-hydrogen) atoms. The van der Waals surface area contributed by atoms with Crippen LogP contribution in [0.25, 0.3) is 0 Å². The predicted octanol–water partition coefficient (Wildman–Crippen LogP) is 2.74. The molecule has 3 unspecified atom stereocenters. The summed E-state index contributed by atoms with van der Waals surface area (Å²) in [7, 11) is 2.10. The zero-order valence-corrected chi connectivity index (χ0v) is 11.8. The minimum atomic E-state index is 0.716. The van der Waals surface area contributed by atoms with Gasteiger partial charge in [0, 0.05) is 18.6 Å². The molecule has 0 spiro atoms. The summed E-state index contributed by atoms with van der Waals surface area (Å²) in [6, 6.07) is 1.44. The zero-order valence-electron chi connectivity index (χ0n) is 11.8. The van der Waals surface area contributed by atoms with E-state index in [-0.39, 0.29) is 0 Å². The summed E-state index contributed by atoms with van der Waals surface area (Å²) in [5.74, 6) is 1.66. The van der Waals surface area contributed by atoms with E-state index < -0.39 is 0 Å². The fraction of sp³-hybridized carbons (Fsp3) is 1.00. The van der Waals surface area contributed by atoms with Crippen molar-refractivity contribution in [3.8, 4) is 0 Å². The highest BCUT2D eigenvalue weighted by Gasteiger charge is 2.31. The van der Waals surface area contributed by atoms with Gasteiger partial charge in [0.15, 0.2) is 0 Å². The van der Waals surface area contributed by atoms with E-state index in [1.165, 1.54) is 32.4 Å². The Hall–Kier alpha value is -0.0800. The minimum Gasteiger partial charge on any atom is -0.317 e. The molecular weight excluding hydrogens is 196 g/mol. The molecule has 96 valence electrons. The zero-order chi connectivity index (χ0) is 12.1. The van der Waals surface area contributed by atoms with Gasteiger partial charge in [-0.25, -0.2) is 0 Å². The molecule has 2 heteroatoms. The first-order valence-corrected chi connectivity index (χ1v) is 7.05.